The zero-order valence-corrected chi connectivity index (χ0v) is 9.00. The maximum absolute atomic E-state index is 11.4. The molecule has 2 rings (SSSR count). The van der Waals surface area contributed by atoms with Gasteiger partial charge < -0.3 is 5.11 Å². The average Bonchev–Trinajstić information content (AvgIpc) is 2.25. The number of aliphatic hydroxyl groups is 1. The largest absolute Gasteiger partial charge is 0.504 e. The highest BCUT2D eigenvalue weighted by molar-refractivity contribution is 6.06. The number of hydrogen-bond donors (Lipinski definition) is 1. The number of aliphatic hydroxyl groups excluding tert-OH is 1. The Balaban J connectivity index is 2.48. The van der Waals surface area contributed by atoms with Gasteiger partial charge in [-0.15, -0.1) is 0 Å². The summed E-state index contributed by atoms with van der Waals surface area (Å²) in [6.45, 7) is 3.90. The van der Waals surface area contributed by atoms with Crippen LogP contribution in [0.3, 0.4) is 0 Å². The summed E-state index contributed by atoms with van der Waals surface area (Å²) in [5.41, 5.74) is 4.06. The van der Waals surface area contributed by atoms with E-state index in [1.807, 2.05) is 6.08 Å². The Morgan fingerprint density at radius 1 is 1.40 bits per heavy atom. The Kier molecular flexibility index (Phi) is 2.35. The van der Waals surface area contributed by atoms with E-state index >= 15 is 0 Å². The molecule has 2 heteroatoms. The summed E-state index contributed by atoms with van der Waals surface area (Å²) >= 11 is 0. The lowest BCUT2D eigenvalue weighted by Gasteiger charge is -2.22. The molecule has 0 atom stereocenters. The van der Waals surface area contributed by atoms with Crippen molar-refractivity contribution in [2.45, 2.75) is 26.7 Å². The van der Waals surface area contributed by atoms with Gasteiger partial charge in [0.25, 0.3) is 0 Å². The van der Waals surface area contributed by atoms with Crippen molar-refractivity contribution in [3.8, 4) is 0 Å². The van der Waals surface area contributed by atoms with Crippen molar-refractivity contribution in [3.63, 3.8) is 0 Å². The van der Waals surface area contributed by atoms with Gasteiger partial charge in [-0.05, 0) is 37.0 Å². The predicted molar refractivity (Wildman–Crippen MR) is 59.5 cm³/mol. The fourth-order valence-electron chi connectivity index (χ4n) is 1.98. The minimum atomic E-state index is -0.267. The smallest absolute Gasteiger partial charge is 0.220 e. The molecule has 0 radical (unpaired) electrons. The molecule has 0 aromatic carbocycles. The molecule has 0 amide bonds. The van der Waals surface area contributed by atoms with Crippen LogP contribution in [0.5, 0.6) is 0 Å². The van der Waals surface area contributed by atoms with E-state index in [0.29, 0.717) is 5.57 Å². The molecular formula is C13H14O2. The third-order valence-electron chi connectivity index (χ3n) is 3.00. The van der Waals surface area contributed by atoms with Gasteiger partial charge >= 0.3 is 0 Å². The van der Waals surface area contributed by atoms with Crippen LogP contribution in [0.15, 0.2) is 46.3 Å². The van der Waals surface area contributed by atoms with Crippen LogP contribution in [0.1, 0.15) is 26.7 Å². The molecule has 2 aliphatic rings. The van der Waals surface area contributed by atoms with E-state index < -0.39 is 0 Å². The van der Waals surface area contributed by atoms with Crippen LogP contribution < -0.4 is 0 Å². The van der Waals surface area contributed by atoms with Crippen LogP contribution in [-0.2, 0) is 4.79 Å². The number of rotatable bonds is 1. The van der Waals surface area contributed by atoms with E-state index in [4.69, 9.17) is 0 Å². The summed E-state index contributed by atoms with van der Waals surface area (Å²) in [5, 5.41) is 9.53. The van der Waals surface area contributed by atoms with Crippen LogP contribution >= 0.6 is 0 Å². The number of hydrogen-bond acceptors (Lipinski definition) is 2. The second-order valence-electron chi connectivity index (χ2n) is 3.94. The van der Waals surface area contributed by atoms with Crippen LogP contribution in [0, 0.1) is 0 Å². The first-order chi connectivity index (χ1) is 7.13. The quantitative estimate of drug-likeness (QED) is 0.709. The summed E-state index contributed by atoms with van der Waals surface area (Å²) in [6.07, 6.45) is 7.46. The molecule has 0 spiro atoms. The zero-order chi connectivity index (χ0) is 11.0. The third kappa shape index (κ3) is 1.56. The lowest BCUT2D eigenvalue weighted by atomic mass is 9.83. The SMILES string of the molecule is CCC1=CC=C2C(=CC(=O)C(O)=C2C)C1. The molecule has 78 valence electrons. The lowest BCUT2D eigenvalue weighted by molar-refractivity contribution is -0.113. The molecule has 0 aliphatic heterocycles. The Morgan fingerprint density at radius 2 is 2.13 bits per heavy atom. The van der Waals surface area contributed by atoms with Crippen molar-refractivity contribution in [1.82, 2.24) is 0 Å². The number of ketones is 1. The fourth-order valence-corrected chi connectivity index (χ4v) is 1.98. The highest BCUT2D eigenvalue weighted by atomic mass is 16.3. The van der Waals surface area contributed by atoms with Crippen molar-refractivity contribution < 1.29 is 9.90 Å². The summed E-state index contributed by atoms with van der Waals surface area (Å²) < 4.78 is 0. The van der Waals surface area contributed by atoms with Gasteiger partial charge in [-0.25, -0.2) is 0 Å². The molecule has 0 saturated carbocycles. The third-order valence-corrected chi connectivity index (χ3v) is 3.00. The number of carbonyl (C=O) groups is 1. The summed E-state index contributed by atoms with van der Waals surface area (Å²) in [4.78, 5) is 11.4. The molecule has 0 aromatic heterocycles. The molecule has 0 bridgehead atoms. The first kappa shape index (κ1) is 9.97. The molecule has 0 aromatic rings. The molecule has 15 heavy (non-hydrogen) atoms. The number of allylic oxidation sites excluding steroid dienone is 7. The maximum Gasteiger partial charge on any atom is 0.220 e. The van der Waals surface area contributed by atoms with E-state index in [0.717, 1.165) is 24.0 Å². The Bertz CT molecular complexity index is 445. The van der Waals surface area contributed by atoms with Crippen molar-refractivity contribution in [2.24, 2.45) is 0 Å². The molecule has 0 saturated heterocycles. The molecule has 0 unspecified atom stereocenters. The van der Waals surface area contributed by atoms with Crippen LogP contribution in [-0.4, -0.2) is 10.9 Å². The van der Waals surface area contributed by atoms with Gasteiger partial charge in [-0.2, -0.15) is 0 Å². The van der Waals surface area contributed by atoms with E-state index in [-0.39, 0.29) is 11.5 Å². The zero-order valence-electron chi connectivity index (χ0n) is 9.00. The van der Waals surface area contributed by atoms with Crippen LogP contribution in [0.4, 0.5) is 0 Å². The van der Waals surface area contributed by atoms with Gasteiger partial charge in [0.2, 0.25) is 5.78 Å². The maximum atomic E-state index is 11.4. The first-order valence-corrected chi connectivity index (χ1v) is 5.18. The average molecular weight is 202 g/mol. The molecular weight excluding hydrogens is 188 g/mol. The number of fused-ring (bicyclic) bond motifs is 1. The summed E-state index contributed by atoms with van der Waals surface area (Å²) in [7, 11) is 0. The fraction of sp³-hybridized carbons (Fsp3) is 0.308. The molecule has 0 heterocycles. The van der Waals surface area contributed by atoms with E-state index in [2.05, 4.69) is 13.0 Å². The predicted octanol–water partition coefficient (Wildman–Crippen LogP) is 2.99. The van der Waals surface area contributed by atoms with Gasteiger partial charge in [0.15, 0.2) is 5.76 Å². The monoisotopic (exact) mass is 202 g/mol. The van der Waals surface area contributed by atoms with Gasteiger partial charge in [-0.3, -0.25) is 4.79 Å². The van der Waals surface area contributed by atoms with Crippen molar-refractivity contribution >= 4 is 5.78 Å². The Labute approximate surface area is 89.3 Å². The Morgan fingerprint density at radius 3 is 2.80 bits per heavy atom. The summed E-state index contributed by atoms with van der Waals surface area (Å²) in [5.74, 6) is -0.379. The second kappa shape index (κ2) is 3.54. The van der Waals surface area contributed by atoms with E-state index in [9.17, 15) is 9.90 Å². The van der Waals surface area contributed by atoms with Crippen LogP contribution in [0.25, 0.3) is 0 Å². The van der Waals surface area contributed by atoms with Crippen LogP contribution in [0.2, 0.25) is 0 Å². The normalized spacial score (nSPS) is 20.7. The summed E-state index contributed by atoms with van der Waals surface area (Å²) in [6, 6.07) is 0. The first-order valence-electron chi connectivity index (χ1n) is 5.18. The lowest BCUT2D eigenvalue weighted by Crippen LogP contribution is -2.13. The molecule has 2 aliphatic carbocycles. The molecule has 1 N–H and O–H groups in total. The molecule has 0 fully saturated rings. The standard InChI is InChI=1S/C13H14O2/c1-3-9-4-5-11-8(2)13(15)12(14)7-10(11)6-9/h4-5,7,15H,3,6H2,1-2H3. The minimum absolute atomic E-state index is 0.113. The van der Waals surface area contributed by atoms with Gasteiger partial charge in [0.05, 0.1) is 0 Å². The van der Waals surface area contributed by atoms with Crippen molar-refractivity contribution in [1.29, 1.82) is 0 Å². The Hall–Kier alpha value is -1.57. The van der Waals surface area contributed by atoms with Gasteiger partial charge in [0.1, 0.15) is 0 Å². The van der Waals surface area contributed by atoms with Gasteiger partial charge in [0, 0.05) is 5.57 Å². The topological polar surface area (TPSA) is 37.3 Å². The van der Waals surface area contributed by atoms with Crippen molar-refractivity contribution in [2.75, 3.05) is 0 Å². The highest BCUT2D eigenvalue weighted by Gasteiger charge is 2.23. The minimum Gasteiger partial charge on any atom is -0.504 e. The second-order valence-corrected chi connectivity index (χ2v) is 3.94. The van der Waals surface area contributed by atoms with Gasteiger partial charge in [-0.1, -0.05) is 24.6 Å². The molecule has 2 nitrogen and oxygen atoms in total. The number of carbonyl (C=O) groups excluding carboxylic acids is 1. The van der Waals surface area contributed by atoms with Crippen molar-refractivity contribution in [3.05, 3.63) is 46.3 Å². The highest BCUT2D eigenvalue weighted by Crippen LogP contribution is 2.34. The van der Waals surface area contributed by atoms with E-state index in [1.54, 1.807) is 13.0 Å². The van der Waals surface area contributed by atoms with E-state index in [1.165, 1.54) is 5.57 Å².